The Labute approximate surface area is 460 Å². The highest BCUT2D eigenvalue weighted by molar-refractivity contribution is 6.47. The van der Waals surface area contributed by atoms with Crippen LogP contribution in [-0.4, -0.2) is 0 Å². The first-order valence-corrected chi connectivity index (χ1v) is 28.1. The van der Waals surface area contributed by atoms with E-state index >= 15 is 0 Å². The molecule has 0 heterocycles. The van der Waals surface area contributed by atoms with Crippen molar-refractivity contribution in [1.82, 2.24) is 0 Å². The van der Waals surface area contributed by atoms with Gasteiger partial charge in [-0.05, 0) is 182 Å². The van der Waals surface area contributed by atoms with Crippen LogP contribution >= 0.6 is 0 Å². The van der Waals surface area contributed by atoms with Crippen LogP contribution in [0, 0.1) is 0 Å². The minimum Gasteiger partial charge on any atom is -0.310 e. The second-order valence-electron chi connectivity index (χ2n) is 24.5. The molecule has 0 spiro atoms. The molecular weight excluding hydrogens is 941 g/mol. The SMILES string of the molecule is CC(C)c1ccc(N(c2ccc(C(C)(C)C)cc2)c2ccc3c4c(-c5ccccc5)c5c6ccc(N(c7ccc(C(C)C)cc7)c7ccc(C(C)(C)C)cc7)c7cccc(c5c(-c5ccccc5)c4c4cccc2c43)c76)cc1. The highest BCUT2D eigenvalue weighted by atomic mass is 15.1. The number of anilines is 6. The number of rotatable bonds is 10. The molecule has 0 aliphatic rings. The molecule has 0 saturated heterocycles. The van der Waals surface area contributed by atoms with Crippen LogP contribution in [0.1, 0.15) is 103 Å². The van der Waals surface area contributed by atoms with E-state index in [9.17, 15) is 0 Å². The minimum absolute atomic E-state index is 0.0386. The van der Waals surface area contributed by atoms with Crippen LogP contribution in [0.25, 0.3) is 86.9 Å². The van der Waals surface area contributed by atoms with Crippen LogP contribution in [0.4, 0.5) is 34.1 Å². The third kappa shape index (κ3) is 7.98. The number of fused-ring (bicyclic) bond motifs is 6. The maximum absolute atomic E-state index is 2.48. The van der Waals surface area contributed by atoms with E-state index in [4.69, 9.17) is 0 Å². The van der Waals surface area contributed by atoms with Gasteiger partial charge in [-0.25, -0.2) is 0 Å². The second-order valence-corrected chi connectivity index (χ2v) is 24.5. The van der Waals surface area contributed by atoms with Crippen LogP contribution < -0.4 is 9.80 Å². The predicted octanol–water partition coefficient (Wildman–Crippen LogP) is 22.6. The summed E-state index contributed by atoms with van der Waals surface area (Å²) in [6.45, 7) is 22.8. The molecule has 0 bridgehead atoms. The molecule has 13 aromatic rings. The topological polar surface area (TPSA) is 6.48 Å². The van der Waals surface area contributed by atoms with Gasteiger partial charge in [-0.1, -0.05) is 227 Å². The lowest BCUT2D eigenvalue weighted by atomic mass is 9.87. The van der Waals surface area contributed by atoms with E-state index in [1.807, 2.05) is 0 Å². The number of hydrogen-bond acceptors (Lipinski definition) is 2. The number of benzene rings is 11. The lowest BCUT2D eigenvalue weighted by molar-refractivity contribution is 0.590. The number of nitrogens with zero attached hydrogens (tertiary/aromatic N) is 2. The third-order valence-corrected chi connectivity index (χ3v) is 16.8. The van der Waals surface area contributed by atoms with Gasteiger partial charge < -0.3 is 9.80 Å². The summed E-state index contributed by atoms with van der Waals surface area (Å²) in [5, 5.41) is 15.4. The maximum Gasteiger partial charge on any atom is 0.0540 e. The molecule has 0 aromatic heterocycles. The monoisotopic (exact) mass is 1010 g/mol. The molecule has 0 aliphatic carbocycles. The third-order valence-electron chi connectivity index (χ3n) is 16.8. The van der Waals surface area contributed by atoms with Crippen LogP contribution in [-0.2, 0) is 10.8 Å². The largest absolute Gasteiger partial charge is 0.310 e. The lowest BCUT2D eigenvalue weighted by Gasteiger charge is -2.28. The highest BCUT2D eigenvalue weighted by Crippen LogP contribution is 2.58. The molecule has 2 nitrogen and oxygen atoms in total. The molecule has 13 rings (SSSR count). The van der Waals surface area contributed by atoms with Gasteiger partial charge in [0, 0.05) is 33.5 Å². The van der Waals surface area contributed by atoms with Crippen LogP contribution in [0.2, 0.25) is 0 Å². The van der Waals surface area contributed by atoms with Gasteiger partial charge in [0.15, 0.2) is 0 Å². The molecule has 0 radical (unpaired) electrons. The Morgan fingerprint density at radius 2 is 0.564 bits per heavy atom. The van der Waals surface area contributed by atoms with Crippen LogP contribution in [0.3, 0.4) is 0 Å². The van der Waals surface area contributed by atoms with Gasteiger partial charge in [0.05, 0.1) is 11.4 Å². The van der Waals surface area contributed by atoms with Crippen molar-refractivity contribution in [2.75, 3.05) is 9.80 Å². The molecular formula is C76H68N2. The maximum atomic E-state index is 2.48. The molecule has 0 unspecified atom stereocenters. The summed E-state index contributed by atoms with van der Waals surface area (Å²) in [5.41, 5.74) is 17.3. The molecule has 0 amide bonds. The Morgan fingerprint density at radius 3 is 0.872 bits per heavy atom. The van der Waals surface area contributed by atoms with E-state index in [0.29, 0.717) is 11.8 Å². The van der Waals surface area contributed by atoms with Crippen molar-refractivity contribution in [3.8, 4) is 22.3 Å². The van der Waals surface area contributed by atoms with Crippen molar-refractivity contribution in [2.45, 2.75) is 91.9 Å². The fraction of sp³-hybridized carbons (Fsp3) is 0.184. The molecule has 13 aromatic carbocycles. The Balaban J connectivity index is 1.14. The van der Waals surface area contributed by atoms with Gasteiger partial charge in [0.1, 0.15) is 0 Å². The van der Waals surface area contributed by atoms with Gasteiger partial charge >= 0.3 is 0 Å². The van der Waals surface area contributed by atoms with Gasteiger partial charge in [-0.2, -0.15) is 0 Å². The van der Waals surface area contributed by atoms with E-state index in [2.05, 4.69) is 297 Å². The van der Waals surface area contributed by atoms with E-state index in [0.717, 1.165) is 22.7 Å². The van der Waals surface area contributed by atoms with Crippen LogP contribution in [0.15, 0.2) is 218 Å². The average Bonchev–Trinajstić information content (AvgIpc) is 3.15. The summed E-state index contributed by atoms with van der Waals surface area (Å²) in [6.07, 6.45) is 0. The zero-order valence-corrected chi connectivity index (χ0v) is 46.8. The summed E-state index contributed by atoms with van der Waals surface area (Å²) in [7, 11) is 0. The lowest BCUT2D eigenvalue weighted by Crippen LogP contribution is -2.13. The Kier molecular flexibility index (Phi) is 11.7. The smallest absolute Gasteiger partial charge is 0.0540 e. The van der Waals surface area contributed by atoms with Gasteiger partial charge in [-0.15, -0.1) is 0 Å². The Morgan fingerprint density at radius 1 is 0.269 bits per heavy atom. The summed E-state index contributed by atoms with van der Waals surface area (Å²) < 4.78 is 0. The fourth-order valence-electron chi connectivity index (χ4n) is 12.7. The zero-order valence-electron chi connectivity index (χ0n) is 46.8. The van der Waals surface area contributed by atoms with Crippen molar-refractivity contribution in [3.05, 3.63) is 241 Å². The van der Waals surface area contributed by atoms with E-state index < -0.39 is 0 Å². The van der Waals surface area contributed by atoms with Gasteiger partial charge in [0.2, 0.25) is 0 Å². The van der Waals surface area contributed by atoms with E-state index in [1.54, 1.807) is 0 Å². The standard InChI is InChI=1S/C76H68N2/c1-47(2)49-27-35-55(36-28-49)77(57-39-31-53(32-40-57)75(5,6)7)65-45-43-63-69-59(65)23-17-25-61(69)71-67(51-19-13-11-14-20-51)72-62-26-18-24-60-66(46-44-64(70(60)62)74(72)68(73(63)71)52-21-15-12-16-22-52)78(56-37-29-50(30-38-56)48(3)4)58-41-33-54(34-42-58)76(8,9)10/h11-48H,1-10H3. The molecule has 0 aliphatic heterocycles. The van der Waals surface area contributed by atoms with Gasteiger partial charge in [-0.3, -0.25) is 0 Å². The predicted molar refractivity (Wildman–Crippen MR) is 340 cm³/mol. The van der Waals surface area contributed by atoms with Crippen molar-refractivity contribution in [1.29, 1.82) is 0 Å². The van der Waals surface area contributed by atoms with Crippen molar-refractivity contribution in [2.24, 2.45) is 0 Å². The van der Waals surface area contributed by atoms with Crippen molar-refractivity contribution < 1.29 is 0 Å². The molecule has 0 fully saturated rings. The Hall–Kier alpha value is -8.46. The van der Waals surface area contributed by atoms with Crippen molar-refractivity contribution in [3.63, 3.8) is 0 Å². The average molecular weight is 1010 g/mol. The quantitative estimate of drug-likeness (QED) is 0.135. The summed E-state index contributed by atoms with van der Waals surface area (Å²) in [5.74, 6) is 0.876. The van der Waals surface area contributed by atoms with Gasteiger partial charge in [0.25, 0.3) is 0 Å². The first-order valence-electron chi connectivity index (χ1n) is 28.1. The Bertz CT molecular complexity index is 3990. The zero-order chi connectivity index (χ0) is 53.8. The first kappa shape index (κ1) is 49.1. The second kappa shape index (κ2) is 18.6. The summed E-state index contributed by atoms with van der Waals surface area (Å²) >= 11 is 0. The highest BCUT2D eigenvalue weighted by Gasteiger charge is 2.30. The van der Waals surface area contributed by atoms with Crippen molar-refractivity contribution >= 4 is 98.8 Å². The molecule has 2 heteroatoms. The van der Waals surface area contributed by atoms with E-state index in [1.165, 1.54) is 121 Å². The van der Waals surface area contributed by atoms with E-state index in [-0.39, 0.29) is 10.8 Å². The molecule has 0 atom stereocenters. The minimum atomic E-state index is 0.0386. The summed E-state index contributed by atoms with van der Waals surface area (Å²) in [6, 6.07) is 83.2. The molecule has 0 saturated carbocycles. The van der Waals surface area contributed by atoms with Crippen LogP contribution in [0.5, 0.6) is 0 Å². The number of hydrogen-bond donors (Lipinski definition) is 0. The molecule has 382 valence electrons. The molecule has 0 N–H and O–H groups in total. The fourth-order valence-corrected chi connectivity index (χ4v) is 12.7. The molecule has 78 heavy (non-hydrogen) atoms. The first-order chi connectivity index (χ1) is 37.7. The normalized spacial score (nSPS) is 12.5. The summed E-state index contributed by atoms with van der Waals surface area (Å²) in [4.78, 5) is 4.96.